The zero-order chi connectivity index (χ0) is 23.5. The molecule has 180 valence electrons. The molecule has 0 N–H and O–H groups in total. The molecule has 3 aliphatic rings. The van der Waals surface area contributed by atoms with Gasteiger partial charge in [0.05, 0.1) is 11.6 Å². The summed E-state index contributed by atoms with van der Waals surface area (Å²) in [5.41, 5.74) is 1.80. The number of nitrogens with zero attached hydrogens (tertiary/aromatic N) is 3. The number of likely N-dealkylation sites (tertiary alicyclic amines) is 1. The van der Waals surface area contributed by atoms with E-state index in [0.717, 1.165) is 32.1 Å². The molecule has 5 nitrogen and oxygen atoms in total. The number of halogens is 1. The highest BCUT2D eigenvalue weighted by Crippen LogP contribution is 2.35. The summed E-state index contributed by atoms with van der Waals surface area (Å²) in [6.07, 6.45) is 4.97. The highest BCUT2D eigenvalue weighted by Gasteiger charge is 2.39. The molecule has 6 heteroatoms. The van der Waals surface area contributed by atoms with E-state index < -0.39 is 0 Å². The van der Waals surface area contributed by atoms with Gasteiger partial charge in [-0.2, -0.15) is 0 Å². The van der Waals surface area contributed by atoms with Crippen LogP contribution in [0.1, 0.15) is 43.6 Å². The monoisotopic (exact) mass is 463 g/mol. The SMILES string of the molecule is O=C(C1CCCC1)N1C[C@@H](C(=O)N2CCN(c3ccccc3F)CC2)C[C@@H](c2ccccc2)C1. The number of piperazine rings is 1. The first-order valence-corrected chi connectivity index (χ1v) is 12.7. The fourth-order valence-corrected chi connectivity index (χ4v) is 5.99. The van der Waals surface area contributed by atoms with Crippen molar-refractivity contribution in [2.45, 2.75) is 38.0 Å². The maximum atomic E-state index is 14.2. The molecule has 1 saturated carbocycles. The molecule has 0 unspecified atom stereocenters. The van der Waals surface area contributed by atoms with E-state index in [1.54, 1.807) is 12.1 Å². The summed E-state index contributed by atoms with van der Waals surface area (Å²) >= 11 is 0. The predicted octanol–water partition coefficient (Wildman–Crippen LogP) is 4.30. The number of carbonyl (C=O) groups excluding carboxylic acids is 2. The lowest BCUT2D eigenvalue weighted by atomic mass is 9.83. The Balaban J connectivity index is 1.28. The van der Waals surface area contributed by atoms with Gasteiger partial charge >= 0.3 is 0 Å². The Bertz CT molecular complexity index is 1000. The molecule has 2 aromatic rings. The maximum Gasteiger partial charge on any atom is 0.227 e. The molecule has 2 amide bonds. The maximum absolute atomic E-state index is 14.2. The van der Waals surface area contributed by atoms with Gasteiger partial charge in [-0.25, -0.2) is 4.39 Å². The van der Waals surface area contributed by atoms with Gasteiger partial charge in [0.15, 0.2) is 0 Å². The molecule has 2 aliphatic heterocycles. The topological polar surface area (TPSA) is 43.9 Å². The Morgan fingerprint density at radius 3 is 2.09 bits per heavy atom. The summed E-state index contributed by atoms with van der Waals surface area (Å²) in [4.78, 5) is 32.9. The van der Waals surface area contributed by atoms with Crippen molar-refractivity contribution >= 4 is 17.5 Å². The Labute approximate surface area is 201 Å². The number of carbonyl (C=O) groups is 2. The van der Waals surface area contributed by atoms with Crippen LogP contribution in [0.25, 0.3) is 0 Å². The zero-order valence-corrected chi connectivity index (χ0v) is 19.7. The summed E-state index contributed by atoms with van der Waals surface area (Å²) in [5, 5.41) is 0. The van der Waals surface area contributed by atoms with Crippen molar-refractivity contribution in [2.24, 2.45) is 11.8 Å². The molecular weight excluding hydrogens is 429 g/mol. The highest BCUT2D eigenvalue weighted by molar-refractivity contribution is 5.83. The predicted molar refractivity (Wildman–Crippen MR) is 131 cm³/mol. The van der Waals surface area contributed by atoms with Crippen molar-refractivity contribution in [1.82, 2.24) is 9.80 Å². The number of rotatable bonds is 4. The molecule has 34 heavy (non-hydrogen) atoms. The van der Waals surface area contributed by atoms with E-state index >= 15 is 0 Å². The minimum absolute atomic E-state index is 0.120. The van der Waals surface area contributed by atoms with Gasteiger partial charge in [-0.05, 0) is 37.0 Å². The number of piperidine rings is 1. The van der Waals surface area contributed by atoms with Gasteiger partial charge in [0.1, 0.15) is 5.82 Å². The second-order valence-corrected chi connectivity index (χ2v) is 10.0. The van der Waals surface area contributed by atoms with E-state index in [0.29, 0.717) is 45.0 Å². The molecule has 2 aromatic carbocycles. The molecule has 5 rings (SSSR count). The molecule has 0 radical (unpaired) electrons. The van der Waals surface area contributed by atoms with Crippen molar-refractivity contribution < 1.29 is 14.0 Å². The van der Waals surface area contributed by atoms with Gasteiger partial charge in [-0.1, -0.05) is 55.3 Å². The van der Waals surface area contributed by atoms with Crippen LogP contribution in [-0.4, -0.2) is 60.9 Å². The summed E-state index contributed by atoms with van der Waals surface area (Å²) in [5.74, 6) is 0.257. The van der Waals surface area contributed by atoms with E-state index in [1.165, 1.54) is 11.6 Å². The standard InChI is InChI=1S/C28H34FN3O2/c29-25-12-6-7-13-26(25)30-14-16-31(17-15-30)28(34)24-18-23(21-8-2-1-3-9-21)19-32(20-24)27(33)22-10-4-5-11-22/h1-3,6-9,12-13,22-24H,4-5,10-11,14-20H2/t23-,24+/m1/s1. The van der Waals surface area contributed by atoms with Gasteiger partial charge in [0.25, 0.3) is 0 Å². The highest BCUT2D eigenvalue weighted by atomic mass is 19.1. The molecular formula is C28H34FN3O2. The third-order valence-electron chi connectivity index (χ3n) is 7.87. The van der Waals surface area contributed by atoms with Crippen molar-refractivity contribution in [3.63, 3.8) is 0 Å². The lowest BCUT2D eigenvalue weighted by Crippen LogP contribution is -2.54. The Morgan fingerprint density at radius 1 is 0.735 bits per heavy atom. The lowest BCUT2D eigenvalue weighted by molar-refractivity contribution is -0.143. The Hall–Kier alpha value is -2.89. The summed E-state index contributed by atoms with van der Waals surface area (Å²) in [6.45, 7) is 3.61. The quantitative estimate of drug-likeness (QED) is 0.679. The Kier molecular flexibility index (Phi) is 6.84. The molecule has 3 fully saturated rings. The smallest absolute Gasteiger partial charge is 0.227 e. The van der Waals surface area contributed by atoms with E-state index in [1.807, 2.05) is 39.0 Å². The van der Waals surface area contributed by atoms with Crippen molar-refractivity contribution in [3.8, 4) is 0 Å². The van der Waals surface area contributed by atoms with E-state index in [-0.39, 0.29) is 35.4 Å². The lowest BCUT2D eigenvalue weighted by Gasteiger charge is -2.42. The van der Waals surface area contributed by atoms with Crippen LogP contribution in [0.5, 0.6) is 0 Å². The van der Waals surface area contributed by atoms with Crippen LogP contribution >= 0.6 is 0 Å². The molecule has 0 spiro atoms. The largest absolute Gasteiger partial charge is 0.366 e. The third-order valence-corrected chi connectivity index (χ3v) is 7.87. The molecule has 0 bridgehead atoms. The van der Waals surface area contributed by atoms with Crippen LogP contribution in [-0.2, 0) is 9.59 Å². The zero-order valence-electron chi connectivity index (χ0n) is 19.7. The second kappa shape index (κ2) is 10.2. The van der Waals surface area contributed by atoms with Crippen molar-refractivity contribution in [3.05, 3.63) is 66.0 Å². The first-order valence-electron chi connectivity index (χ1n) is 12.7. The molecule has 2 atom stereocenters. The van der Waals surface area contributed by atoms with Crippen molar-refractivity contribution in [1.29, 1.82) is 0 Å². The molecule has 1 aliphatic carbocycles. The summed E-state index contributed by atoms with van der Waals surface area (Å²) in [7, 11) is 0. The van der Waals surface area contributed by atoms with Gasteiger partial charge in [-0.15, -0.1) is 0 Å². The third kappa shape index (κ3) is 4.82. The number of anilines is 1. The van der Waals surface area contributed by atoms with E-state index in [4.69, 9.17) is 0 Å². The van der Waals surface area contributed by atoms with Crippen LogP contribution < -0.4 is 4.90 Å². The number of hydrogen-bond acceptors (Lipinski definition) is 3. The Morgan fingerprint density at radius 2 is 1.38 bits per heavy atom. The molecule has 2 saturated heterocycles. The normalized spacial score (nSPS) is 23.9. The minimum atomic E-state index is -0.221. The van der Waals surface area contributed by atoms with Crippen LogP contribution in [0.3, 0.4) is 0 Å². The van der Waals surface area contributed by atoms with Gasteiger partial charge in [0.2, 0.25) is 11.8 Å². The second-order valence-electron chi connectivity index (χ2n) is 10.0. The molecule has 2 heterocycles. The number of para-hydroxylation sites is 1. The van der Waals surface area contributed by atoms with Crippen LogP contribution in [0, 0.1) is 17.7 Å². The van der Waals surface area contributed by atoms with Crippen LogP contribution in [0.15, 0.2) is 54.6 Å². The first-order chi connectivity index (χ1) is 16.6. The summed E-state index contributed by atoms with van der Waals surface area (Å²) in [6, 6.07) is 17.1. The number of hydrogen-bond donors (Lipinski definition) is 0. The number of benzene rings is 2. The van der Waals surface area contributed by atoms with Crippen molar-refractivity contribution in [2.75, 3.05) is 44.2 Å². The average molecular weight is 464 g/mol. The van der Waals surface area contributed by atoms with Gasteiger partial charge < -0.3 is 14.7 Å². The minimum Gasteiger partial charge on any atom is -0.366 e. The van der Waals surface area contributed by atoms with E-state index in [2.05, 4.69) is 12.1 Å². The van der Waals surface area contributed by atoms with Crippen LogP contribution in [0.4, 0.5) is 10.1 Å². The molecule has 0 aromatic heterocycles. The summed E-state index contributed by atoms with van der Waals surface area (Å²) < 4.78 is 14.2. The fraction of sp³-hybridized carbons (Fsp3) is 0.500. The first kappa shape index (κ1) is 22.9. The van der Waals surface area contributed by atoms with E-state index in [9.17, 15) is 14.0 Å². The van der Waals surface area contributed by atoms with Crippen LogP contribution in [0.2, 0.25) is 0 Å². The number of amides is 2. The average Bonchev–Trinajstić information content (AvgIpc) is 3.44. The van der Waals surface area contributed by atoms with Gasteiger partial charge in [0, 0.05) is 51.1 Å². The van der Waals surface area contributed by atoms with Gasteiger partial charge in [-0.3, -0.25) is 9.59 Å². The fourth-order valence-electron chi connectivity index (χ4n) is 5.99.